The van der Waals surface area contributed by atoms with Crippen molar-refractivity contribution in [3.63, 3.8) is 0 Å². The van der Waals surface area contributed by atoms with E-state index in [1.54, 1.807) is 12.3 Å². The van der Waals surface area contributed by atoms with Gasteiger partial charge in [0.05, 0.1) is 10.6 Å². The SMILES string of the molecule is Cc1cc(Cl)c(C(=O)N2CCC(C)CC2C)cn1. The third-order valence-electron chi connectivity index (χ3n) is 3.62. The van der Waals surface area contributed by atoms with Gasteiger partial charge in [-0.15, -0.1) is 0 Å². The van der Waals surface area contributed by atoms with Crippen molar-refractivity contribution < 1.29 is 4.79 Å². The van der Waals surface area contributed by atoms with E-state index in [0.29, 0.717) is 16.5 Å². The molecular formula is C14H19ClN2O. The molecule has 98 valence electrons. The summed E-state index contributed by atoms with van der Waals surface area (Å²) in [5.41, 5.74) is 1.35. The highest BCUT2D eigenvalue weighted by atomic mass is 35.5. The minimum atomic E-state index is 0.00639. The highest BCUT2D eigenvalue weighted by Gasteiger charge is 2.28. The lowest BCUT2D eigenvalue weighted by atomic mass is 9.93. The Morgan fingerprint density at radius 1 is 1.50 bits per heavy atom. The Balaban J connectivity index is 2.20. The first-order valence-electron chi connectivity index (χ1n) is 6.42. The maximum absolute atomic E-state index is 12.5. The maximum Gasteiger partial charge on any atom is 0.257 e. The summed E-state index contributed by atoms with van der Waals surface area (Å²) in [6.07, 6.45) is 3.71. The number of halogens is 1. The number of nitrogens with zero attached hydrogens (tertiary/aromatic N) is 2. The van der Waals surface area contributed by atoms with Gasteiger partial charge in [0.15, 0.2) is 0 Å². The van der Waals surface area contributed by atoms with Crippen LogP contribution in [-0.4, -0.2) is 28.4 Å². The van der Waals surface area contributed by atoms with Crippen LogP contribution in [0.5, 0.6) is 0 Å². The van der Waals surface area contributed by atoms with Gasteiger partial charge in [0.25, 0.3) is 5.91 Å². The van der Waals surface area contributed by atoms with Gasteiger partial charge < -0.3 is 4.90 Å². The first-order valence-corrected chi connectivity index (χ1v) is 6.80. The highest BCUT2D eigenvalue weighted by Crippen LogP contribution is 2.25. The van der Waals surface area contributed by atoms with Crippen molar-refractivity contribution in [2.24, 2.45) is 5.92 Å². The Morgan fingerprint density at radius 2 is 2.22 bits per heavy atom. The van der Waals surface area contributed by atoms with Gasteiger partial charge in [-0.1, -0.05) is 18.5 Å². The van der Waals surface area contributed by atoms with Gasteiger partial charge in [-0.25, -0.2) is 0 Å². The number of carbonyl (C=O) groups is 1. The van der Waals surface area contributed by atoms with Gasteiger partial charge in [-0.05, 0) is 38.7 Å². The zero-order valence-corrected chi connectivity index (χ0v) is 11.9. The van der Waals surface area contributed by atoms with Gasteiger partial charge in [0.2, 0.25) is 0 Å². The maximum atomic E-state index is 12.5. The predicted molar refractivity (Wildman–Crippen MR) is 72.9 cm³/mol. The van der Waals surface area contributed by atoms with Crippen LogP contribution < -0.4 is 0 Å². The summed E-state index contributed by atoms with van der Waals surface area (Å²) in [5, 5.41) is 0.498. The first-order chi connectivity index (χ1) is 8.49. The second-order valence-corrected chi connectivity index (χ2v) is 5.69. The van der Waals surface area contributed by atoms with Crippen LogP contribution in [0.15, 0.2) is 12.3 Å². The largest absolute Gasteiger partial charge is 0.336 e. The predicted octanol–water partition coefficient (Wildman–Crippen LogP) is 3.30. The van der Waals surface area contributed by atoms with Crippen molar-refractivity contribution in [3.05, 3.63) is 28.5 Å². The average Bonchev–Trinajstić information content (AvgIpc) is 2.28. The third-order valence-corrected chi connectivity index (χ3v) is 3.93. The van der Waals surface area contributed by atoms with E-state index in [1.807, 2.05) is 11.8 Å². The number of pyridine rings is 1. The summed E-state index contributed by atoms with van der Waals surface area (Å²) >= 11 is 6.13. The number of likely N-dealkylation sites (tertiary alicyclic amines) is 1. The number of carbonyl (C=O) groups excluding carboxylic acids is 1. The number of rotatable bonds is 1. The zero-order chi connectivity index (χ0) is 13.3. The molecule has 1 amide bonds. The minimum Gasteiger partial charge on any atom is -0.336 e. The van der Waals surface area contributed by atoms with Gasteiger partial charge >= 0.3 is 0 Å². The molecule has 2 rings (SSSR count). The normalized spacial score (nSPS) is 24.1. The van der Waals surface area contributed by atoms with E-state index in [-0.39, 0.29) is 11.9 Å². The summed E-state index contributed by atoms with van der Waals surface area (Å²) in [4.78, 5) is 18.5. The fourth-order valence-corrected chi connectivity index (χ4v) is 2.84. The molecule has 2 atom stereocenters. The molecule has 1 aliphatic rings. The Bertz CT molecular complexity index is 461. The van der Waals surface area contributed by atoms with Gasteiger partial charge in [-0.2, -0.15) is 0 Å². The quantitative estimate of drug-likeness (QED) is 0.781. The summed E-state index contributed by atoms with van der Waals surface area (Å²) in [6.45, 7) is 7.01. The van der Waals surface area contributed by atoms with E-state index in [4.69, 9.17) is 11.6 Å². The van der Waals surface area contributed by atoms with Crippen LogP contribution >= 0.6 is 11.6 Å². The molecule has 0 N–H and O–H groups in total. The third kappa shape index (κ3) is 2.66. The van der Waals surface area contributed by atoms with E-state index < -0.39 is 0 Å². The lowest BCUT2D eigenvalue weighted by molar-refractivity contribution is 0.0588. The molecule has 0 aliphatic carbocycles. The smallest absolute Gasteiger partial charge is 0.257 e. The highest BCUT2D eigenvalue weighted by molar-refractivity contribution is 6.33. The lowest BCUT2D eigenvalue weighted by Crippen LogP contribution is -2.44. The molecule has 0 spiro atoms. The number of piperidine rings is 1. The molecule has 0 aromatic carbocycles. The molecule has 1 saturated heterocycles. The molecule has 3 nitrogen and oxygen atoms in total. The van der Waals surface area contributed by atoms with Crippen LogP contribution in [0.4, 0.5) is 0 Å². The van der Waals surface area contributed by atoms with Crippen molar-refractivity contribution >= 4 is 17.5 Å². The second kappa shape index (κ2) is 5.27. The number of hydrogen-bond acceptors (Lipinski definition) is 2. The summed E-state index contributed by atoms with van der Waals surface area (Å²) in [5.74, 6) is 0.697. The summed E-state index contributed by atoms with van der Waals surface area (Å²) in [7, 11) is 0. The van der Waals surface area contributed by atoms with Crippen molar-refractivity contribution in [3.8, 4) is 0 Å². The summed E-state index contributed by atoms with van der Waals surface area (Å²) in [6, 6.07) is 2.02. The molecule has 2 heterocycles. The molecule has 1 aromatic rings. The number of hydrogen-bond donors (Lipinski definition) is 0. The van der Waals surface area contributed by atoms with Gasteiger partial charge in [0, 0.05) is 24.5 Å². The van der Waals surface area contributed by atoms with Crippen molar-refractivity contribution in [1.29, 1.82) is 0 Å². The zero-order valence-electron chi connectivity index (χ0n) is 11.1. The Kier molecular flexibility index (Phi) is 3.91. The van der Waals surface area contributed by atoms with E-state index in [1.165, 1.54) is 0 Å². The molecule has 2 unspecified atom stereocenters. The number of aromatic nitrogens is 1. The van der Waals surface area contributed by atoms with Gasteiger partial charge in [0.1, 0.15) is 0 Å². The Morgan fingerprint density at radius 3 is 2.83 bits per heavy atom. The number of aryl methyl sites for hydroxylation is 1. The fourth-order valence-electron chi connectivity index (χ4n) is 2.55. The van der Waals surface area contributed by atoms with E-state index in [2.05, 4.69) is 18.8 Å². The van der Waals surface area contributed by atoms with Crippen LogP contribution in [0, 0.1) is 12.8 Å². The lowest BCUT2D eigenvalue weighted by Gasteiger charge is -2.36. The molecule has 1 fully saturated rings. The van der Waals surface area contributed by atoms with Crippen LogP contribution in [-0.2, 0) is 0 Å². The molecule has 18 heavy (non-hydrogen) atoms. The van der Waals surface area contributed by atoms with Crippen molar-refractivity contribution in [1.82, 2.24) is 9.88 Å². The molecule has 0 radical (unpaired) electrons. The molecule has 0 bridgehead atoms. The van der Waals surface area contributed by atoms with E-state index >= 15 is 0 Å². The molecular weight excluding hydrogens is 248 g/mol. The first kappa shape index (κ1) is 13.3. The Hall–Kier alpha value is -1.09. The van der Waals surface area contributed by atoms with Crippen LogP contribution in [0.1, 0.15) is 42.7 Å². The van der Waals surface area contributed by atoms with E-state index in [0.717, 1.165) is 25.1 Å². The van der Waals surface area contributed by atoms with E-state index in [9.17, 15) is 4.79 Å². The van der Waals surface area contributed by atoms with Crippen LogP contribution in [0.3, 0.4) is 0 Å². The van der Waals surface area contributed by atoms with Gasteiger partial charge in [-0.3, -0.25) is 9.78 Å². The molecule has 1 aromatic heterocycles. The minimum absolute atomic E-state index is 0.00639. The fraction of sp³-hybridized carbons (Fsp3) is 0.571. The number of amides is 1. The molecule has 0 saturated carbocycles. The van der Waals surface area contributed by atoms with Crippen LogP contribution in [0.25, 0.3) is 0 Å². The van der Waals surface area contributed by atoms with Crippen molar-refractivity contribution in [2.75, 3.05) is 6.54 Å². The van der Waals surface area contributed by atoms with Crippen LogP contribution in [0.2, 0.25) is 5.02 Å². The standard InChI is InChI=1S/C14H19ClN2O/c1-9-4-5-17(11(3)6-9)14(18)12-8-16-10(2)7-13(12)15/h7-9,11H,4-6H2,1-3H3. The van der Waals surface area contributed by atoms with Crippen molar-refractivity contribution in [2.45, 2.75) is 39.7 Å². The average molecular weight is 267 g/mol. The Labute approximate surface area is 113 Å². The molecule has 1 aliphatic heterocycles. The second-order valence-electron chi connectivity index (χ2n) is 5.28. The topological polar surface area (TPSA) is 33.2 Å². The monoisotopic (exact) mass is 266 g/mol. The summed E-state index contributed by atoms with van der Waals surface area (Å²) < 4.78 is 0. The molecule has 4 heteroatoms.